The number of likely N-dealkylation sites (N-methyl/N-ethyl adjacent to an activating group) is 1. The number of nitrogens with one attached hydrogen (secondary N) is 1. The molecule has 5 rings (SSSR count). The first-order valence-electron chi connectivity index (χ1n) is 13.8. The maximum Gasteiger partial charge on any atom is 0.251 e. The van der Waals surface area contributed by atoms with Crippen LogP contribution in [0.25, 0.3) is 0 Å². The molecule has 5 N–H and O–H groups in total. The molecule has 3 aliphatic carbocycles. The number of primary amides is 1. The predicted molar refractivity (Wildman–Crippen MR) is 148 cm³/mol. The van der Waals surface area contributed by atoms with Crippen molar-refractivity contribution in [2.75, 3.05) is 14.1 Å². The van der Waals surface area contributed by atoms with Crippen LogP contribution in [0, 0.1) is 29.6 Å². The maximum absolute atomic E-state index is 14.1. The van der Waals surface area contributed by atoms with E-state index in [0.29, 0.717) is 11.1 Å². The van der Waals surface area contributed by atoms with E-state index in [1.165, 1.54) is 4.90 Å². The highest BCUT2D eigenvalue weighted by atomic mass is 16.3. The Hall–Kier alpha value is -4.22. The number of aliphatic hydroxyl groups is 1. The first kappa shape index (κ1) is 29.3. The van der Waals surface area contributed by atoms with E-state index in [9.17, 15) is 39.0 Å². The zero-order valence-electron chi connectivity index (χ0n) is 23.7. The summed E-state index contributed by atoms with van der Waals surface area (Å²) < 4.78 is 0. The van der Waals surface area contributed by atoms with Crippen molar-refractivity contribution in [1.82, 2.24) is 10.2 Å². The van der Waals surface area contributed by atoms with E-state index in [4.69, 9.17) is 5.73 Å². The lowest BCUT2D eigenvalue weighted by Gasteiger charge is -2.57. The molecule has 0 bridgehead atoms. The van der Waals surface area contributed by atoms with E-state index < -0.39 is 81.9 Å². The molecule has 8 atom stereocenters. The molecular formula is C31H33N3O8. The van der Waals surface area contributed by atoms with E-state index in [1.54, 1.807) is 70.4 Å². The standard InChI is InChI=1S/C31H33N3O8/c1-13-17-11-10-16(12-33-30(41)15-8-6-5-7-9-15)24(35)19(17)25(36)20-18(13)14(2)22-23(34(3)4)26(37)21(29(32)40)28(39)31(22,42)27(20)38/h5-11,13-14,18,20-23,35,42H,12H2,1-4H3,(H2,32,40)(H,33,41)/t13-,14-,18-,20?,21?,22-,23-,31-/m0/s1. The van der Waals surface area contributed by atoms with E-state index in [2.05, 4.69) is 5.32 Å². The van der Waals surface area contributed by atoms with Crippen molar-refractivity contribution in [3.05, 3.63) is 64.7 Å². The normalized spacial score (nSPS) is 32.2. The molecule has 0 aromatic heterocycles. The lowest BCUT2D eigenvalue weighted by Crippen LogP contribution is -2.76. The largest absolute Gasteiger partial charge is 0.507 e. The molecule has 2 aromatic carbocycles. The van der Waals surface area contributed by atoms with Gasteiger partial charge in [-0.3, -0.25) is 33.7 Å². The fourth-order valence-corrected chi connectivity index (χ4v) is 7.54. The van der Waals surface area contributed by atoms with Crippen LogP contribution in [0.3, 0.4) is 0 Å². The summed E-state index contributed by atoms with van der Waals surface area (Å²) in [5, 5.41) is 25.8. The molecule has 0 aliphatic heterocycles. The predicted octanol–water partition coefficient (Wildman–Crippen LogP) is 0.604. The van der Waals surface area contributed by atoms with Crippen LogP contribution in [-0.2, 0) is 25.7 Å². The fraction of sp³-hybridized carbons (Fsp3) is 0.419. The monoisotopic (exact) mass is 575 g/mol. The third-order valence-corrected chi connectivity index (χ3v) is 9.46. The molecule has 11 nitrogen and oxygen atoms in total. The maximum atomic E-state index is 14.1. The van der Waals surface area contributed by atoms with Crippen molar-refractivity contribution in [1.29, 1.82) is 0 Å². The molecule has 0 radical (unpaired) electrons. The van der Waals surface area contributed by atoms with Crippen LogP contribution in [0.2, 0.25) is 0 Å². The summed E-state index contributed by atoms with van der Waals surface area (Å²) >= 11 is 0. The smallest absolute Gasteiger partial charge is 0.251 e. The SMILES string of the molecule is C[C@H]1[C@H]2C(C(=O)c3c(ccc(CNC(=O)c4ccccc4)c3O)[C@@H]2C)C(=O)[C@]2(O)C(=O)C(C(N)=O)C(=O)[C@@H](N(C)C)[C@H]12. The Morgan fingerprint density at radius 2 is 1.64 bits per heavy atom. The number of nitrogens with two attached hydrogens (primary N) is 1. The number of phenolic OH excluding ortho intramolecular Hbond substituents is 1. The summed E-state index contributed by atoms with van der Waals surface area (Å²) in [6.07, 6.45) is 0. The number of benzene rings is 2. The molecular weight excluding hydrogens is 542 g/mol. The van der Waals surface area contributed by atoms with Gasteiger partial charge in [0.2, 0.25) is 5.91 Å². The third-order valence-electron chi connectivity index (χ3n) is 9.46. The number of carbonyl (C=O) groups excluding carboxylic acids is 6. The molecule has 2 saturated carbocycles. The second kappa shape index (κ2) is 10.2. The number of Topliss-reactive ketones (excluding diaryl/α,β-unsaturated/α-hetero) is 4. The molecule has 0 saturated heterocycles. The van der Waals surface area contributed by atoms with Gasteiger partial charge in [-0.15, -0.1) is 0 Å². The van der Waals surface area contributed by atoms with Crippen LogP contribution >= 0.6 is 0 Å². The number of rotatable bonds is 5. The van der Waals surface area contributed by atoms with Crippen LogP contribution in [0.4, 0.5) is 0 Å². The third kappa shape index (κ3) is 4.02. The average molecular weight is 576 g/mol. The second-order valence-corrected chi connectivity index (χ2v) is 11.8. The number of amides is 2. The van der Waals surface area contributed by atoms with E-state index in [0.717, 1.165) is 0 Å². The van der Waals surface area contributed by atoms with Crippen LogP contribution < -0.4 is 11.1 Å². The van der Waals surface area contributed by atoms with Gasteiger partial charge >= 0.3 is 0 Å². The van der Waals surface area contributed by atoms with Gasteiger partial charge in [0.1, 0.15) is 5.75 Å². The van der Waals surface area contributed by atoms with E-state index >= 15 is 0 Å². The number of phenols is 1. The van der Waals surface area contributed by atoms with Gasteiger partial charge in [-0.05, 0) is 49.5 Å². The van der Waals surface area contributed by atoms with Gasteiger partial charge in [-0.25, -0.2) is 0 Å². The average Bonchev–Trinajstić information content (AvgIpc) is 2.94. The number of hydrogen-bond donors (Lipinski definition) is 4. The van der Waals surface area contributed by atoms with Crippen molar-refractivity contribution in [3.8, 4) is 5.75 Å². The van der Waals surface area contributed by atoms with Crippen molar-refractivity contribution in [3.63, 3.8) is 0 Å². The van der Waals surface area contributed by atoms with Crippen molar-refractivity contribution in [2.45, 2.75) is 38.0 Å². The second-order valence-electron chi connectivity index (χ2n) is 11.8. The highest BCUT2D eigenvalue weighted by molar-refractivity contribution is 6.32. The van der Waals surface area contributed by atoms with Gasteiger partial charge in [0.15, 0.2) is 34.7 Å². The summed E-state index contributed by atoms with van der Waals surface area (Å²) in [5.41, 5.74) is 3.59. The molecule has 0 spiro atoms. The topological polar surface area (TPSA) is 184 Å². The number of carbonyl (C=O) groups is 6. The number of aromatic hydroxyl groups is 1. The van der Waals surface area contributed by atoms with Gasteiger partial charge < -0.3 is 21.3 Å². The molecule has 2 fully saturated rings. The molecule has 220 valence electrons. The van der Waals surface area contributed by atoms with E-state index in [1.807, 2.05) is 0 Å². The summed E-state index contributed by atoms with van der Waals surface area (Å²) in [6.45, 7) is 3.37. The first-order chi connectivity index (χ1) is 19.7. The Morgan fingerprint density at radius 1 is 1.00 bits per heavy atom. The summed E-state index contributed by atoms with van der Waals surface area (Å²) in [7, 11) is 3.09. The highest BCUT2D eigenvalue weighted by Gasteiger charge is 2.72. The summed E-state index contributed by atoms with van der Waals surface area (Å²) in [6, 6.07) is 10.5. The Kier molecular flexibility index (Phi) is 7.14. The first-order valence-corrected chi connectivity index (χ1v) is 13.8. The van der Waals surface area contributed by atoms with Crippen LogP contribution in [-0.4, -0.2) is 75.8 Å². The molecule has 0 heterocycles. The molecule has 2 aromatic rings. The van der Waals surface area contributed by atoms with Crippen LogP contribution in [0.1, 0.15) is 51.6 Å². The van der Waals surface area contributed by atoms with E-state index in [-0.39, 0.29) is 23.6 Å². The van der Waals surface area contributed by atoms with Gasteiger partial charge in [0.05, 0.1) is 17.5 Å². The zero-order valence-corrected chi connectivity index (χ0v) is 23.7. The molecule has 2 unspecified atom stereocenters. The molecule has 11 heteroatoms. The number of ketones is 4. The van der Waals surface area contributed by atoms with Crippen molar-refractivity contribution >= 4 is 34.9 Å². The highest BCUT2D eigenvalue weighted by Crippen LogP contribution is 2.57. The summed E-state index contributed by atoms with van der Waals surface area (Å²) in [4.78, 5) is 81.3. The minimum Gasteiger partial charge on any atom is -0.507 e. The fourth-order valence-electron chi connectivity index (χ4n) is 7.54. The van der Waals surface area contributed by atoms with Crippen molar-refractivity contribution in [2.24, 2.45) is 35.3 Å². The van der Waals surface area contributed by atoms with Gasteiger partial charge in [-0.2, -0.15) is 0 Å². The molecule has 2 amide bonds. The Labute approximate surface area is 242 Å². The molecule has 3 aliphatic rings. The minimum absolute atomic E-state index is 0.107. The number of hydrogen-bond acceptors (Lipinski definition) is 9. The quantitative estimate of drug-likeness (QED) is 0.371. The number of fused-ring (bicyclic) bond motifs is 3. The minimum atomic E-state index is -2.81. The lowest BCUT2D eigenvalue weighted by atomic mass is 9.47. The van der Waals surface area contributed by atoms with Crippen molar-refractivity contribution < 1.29 is 39.0 Å². The zero-order chi connectivity index (χ0) is 30.8. The Balaban J connectivity index is 1.56. The van der Waals surface area contributed by atoms with Crippen LogP contribution in [0.5, 0.6) is 5.75 Å². The lowest BCUT2D eigenvalue weighted by molar-refractivity contribution is -0.188. The van der Waals surface area contributed by atoms with Gasteiger partial charge in [0, 0.05) is 23.6 Å². The number of nitrogens with zero attached hydrogens (tertiary/aromatic N) is 1. The Morgan fingerprint density at radius 3 is 2.24 bits per heavy atom. The summed E-state index contributed by atoms with van der Waals surface area (Å²) in [5.74, 6) is -12.7. The van der Waals surface area contributed by atoms with Crippen LogP contribution in [0.15, 0.2) is 42.5 Å². The molecule has 42 heavy (non-hydrogen) atoms. The van der Waals surface area contributed by atoms with Gasteiger partial charge in [-0.1, -0.05) is 44.2 Å². The van der Waals surface area contributed by atoms with Gasteiger partial charge in [0.25, 0.3) is 5.91 Å². The Bertz CT molecular complexity index is 1540.